The lowest BCUT2D eigenvalue weighted by Crippen LogP contribution is -2.17. The standard InChI is InChI=1S/C16H18O4S/c1-16(2,3)12-9-13(17)14(18)10-15(12)21(19,20)11-7-5-4-6-8-11/h4-10,17-18H,1-3H3. The maximum Gasteiger partial charge on any atom is 0.207 e. The molecule has 0 amide bonds. The predicted molar refractivity (Wildman–Crippen MR) is 80.4 cm³/mol. The first-order chi connectivity index (χ1) is 9.64. The van der Waals surface area contributed by atoms with E-state index in [1.54, 1.807) is 18.2 Å². The normalized spacial score (nSPS) is 12.3. The molecule has 0 unspecified atom stereocenters. The summed E-state index contributed by atoms with van der Waals surface area (Å²) in [6.45, 7) is 5.55. The van der Waals surface area contributed by atoms with E-state index in [0.29, 0.717) is 5.56 Å². The highest BCUT2D eigenvalue weighted by Crippen LogP contribution is 2.39. The van der Waals surface area contributed by atoms with Crippen LogP contribution in [-0.4, -0.2) is 18.6 Å². The summed E-state index contributed by atoms with van der Waals surface area (Å²) in [6, 6.07) is 10.5. The zero-order valence-corrected chi connectivity index (χ0v) is 13.0. The molecule has 21 heavy (non-hydrogen) atoms. The zero-order chi connectivity index (χ0) is 15.8. The molecule has 0 aliphatic rings. The minimum Gasteiger partial charge on any atom is -0.504 e. The smallest absolute Gasteiger partial charge is 0.207 e. The average molecular weight is 306 g/mol. The third-order valence-electron chi connectivity index (χ3n) is 3.23. The highest BCUT2D eigenvalue weighted by atomic mass is 32.2. The first-order valence-corrected chi connectivity index (χ1v) is 7.99. The van der Waals surface area contributed by atoms with Gasteiger partial charge in [0.2, 0.25) is 9.84 Å². The lowest BCUT2D eigenvalue weighted by Gasteiger charge is -2.23. The summed E-state index contributed by atoms with van der Waals surface area (Å²) >= 11 is 0. The van der Waals surface area contributed by atoms with Gasteiger partial charge in [-0.25, -0.2) is 8.42 Å². The van der Waals surface area contributed by atoms with Crippen molar-refractivity contribution >= 4 is 9.84 Å². The van der Waals surface area contributed by atoms with E-state index in [-0.39, 0.29) is 15.5 Å². The SMILES string of the molecule is CC(C)(C)c1cc(O)c(O)cc1S(=O)(=O)c1ccccc1. The Morgan fingerprint density at radius 1 is 0.905 bits per heavy atom. The number of phenolic OH excluding ortho intramolecular Hbond substituents is 2. The monoisotopic (exact) mass is 306 g/mol. The van der Waals surface area contributed by atoms with E-state index in [9.17, 15) is 18.6 Å². The Bertz CT molecular complexity index is 757. The molecule has 0 saturated heterocycles. The number of benzene rings is 2. The lowest BCUT2D eigenvalue weighted by atomic mass is 9.87. The summed E-state index contributed by atoms with van der Waals surface area (Å²) in [5, 5.41) is 19.4. The fourth-order valence-corrected chi connectivity index (χ4v) is 3.78. The van der Waals surface area contributed by atoms with E-state index in [4.69, 9.17) is 0 Å². The third-order valence-corrected chi connectivity index (χ3v) is 5.04. The Morgan fingerprint density at radius 3 is 1.95 bits per heavy atom. The maximum atomic E-state index is 12.8. The topological polar surface area (TPSA) is 74.6 Å². The number of aromatic hydroxyl groups is 2. The molecule has 0 bridgehead atoms. The van der Waals surface area contributed by atoms with Gasteiger partial charge in [-0.2, -0.15) is 0 Å². The van der Waals surface area contributed by atoms with Crippen LogP contribution < -0.4 is 0 Å². The molecule has 4 nitrogen and oxygen atoms in total. The van der Waals surface area contributed by atoms with Crippen molar-refractivity contribution in [2.75, 3.05) is 0 Å². The second kappa shape index (κ2) is 5.07. The quantitative estimate of drug-likeness (QED) is 0.835. The number of sulfone groups is 1. The fourth-order valence-electron chi connectivity index (χ4n) is 2.09. The molecule has 0 aliphatic carbocycles. The highest BCUT2D eigenvalue weighted by Gasteiger charge is 2.28. The van der Waals surface area contributed by atoms with Gasteiger partial charge in [-0.05, 0) is 29.2 Å². The minimum atomic E-state index is -3.76. The molecule has 0 fully saturated rings. The van der Waals surface area contributed by atoms with Crippen LogP contribution in [0.15, 0.2) is 52.3 Å². The maximum absolute atomic E-state index is 12.8. The minimum absolute atomic E-state index is 0.0106. The van der Waals surface area contributed by atoms with Crippen molar-refractivity contribution in [2.24, 2.45) is 0 Å². The van der Waals surface area contributed by atoms with Crippen LogP contribution in [-0.2, 0) is 15.3 Å². The van der Waals surface area contributed by atoms with Crippen molar-refractivity contribution in [3.8, 4) is 11.5 Å². The lowest BCUT2D eigenvalue weighted by molar-refractivity contribution is 0.399. The van der Waals surface area contributed by atoms with Gasteiger partial charge in [0.1, 0.15) is 0 Å². The van der Waals surface area contributed by atoms with E-state index in [1.165, 1.54) is 18.2 Å². The molecule has 2 N–H and O–H groups in total. The van der Waals surface area contributed by atoms with Crippen molar-refractivity contribution in [2.45, 2.75) is 36.0 Å². The summed E-state index contributed by atoms with van der Waals surface area (Å²) in [5.74, 6) is -0.774. The number of rotatable bonds is 2. The molecule has 0 radical (unpaired) electrons. The van der Waals surface area contributed by atoms with Gasteiger partial charge in [0.15, 0.2) is 11.5 Å². The summed E-state index contributed by atoms with van der Waals surface area (Å²) in [6.07, 6.45) is 0. The highest BCUT2D eigenvalue weighted by molar-refractivity contribution is 7.91. The first kappa shape index (κ1) is 15.4. The van der Waals surface area contributed by atoms with E-state index in [0.717, 1.165) is 6.07 Å². The van der Waals surface area contributed by atoms with Gasteiger partial charge in [-0.15, -0.1) is 0 Å². The van der Waals surface area contributed by atoms with Gasteiger partial charge in [0.25, 0.3) is 0 Å². The largest absolute Gasteiger partial charge is 0.504 e. The van der Waals surface area contributed by atoms with Crippen molar-refractivity contribution in [1.29, 1.82) is 0 Å². The molecule has 0 spiro atoms. The van der Waals surface area contributed by atoms with Crippen LogP contribution in [0, 0.1) is 0 Å². The van der Waals surface area contributed by atoms with Gasteiger partial charge in [0, 0.05) is 6.07 Å². The van der Waals surface area contributed by atoms with Crippen LogP contribution in [0.3, 0.4) is 0 Å². The number of hydrogen-bond donors (Lipinski definition) is 2. The van der Waals surface area contributed by atoms with Crippen molar-refractivity contribution in [1.82, 2.24) is 0 Å². The molecule has 0 saturated carbocycles. The molecule has 5 heteroatoms. The molecule has 0 heterocycles. The molecule has 0 atom stereocenters. The van der Waals surface area contributed by atoms with Crippen LogP contribution >= 0.6 is 0 Å². The molecule has 0 aromatic heterocycles. The molecule has 2 aromatic carbocycles. The Balaban J connectivity index is 2.77. The molecule has 112 valence electrons. The number of hydrogen-bond acceptors (Lipinski definition) is 4. The molecular formula is C16H18O4S. The Labute approximate surface area is 124 Å². The van der Waals surface area contributed by atoms with Gasteiger partial charge < -0.3 is 10.2 Å². The van der Waals surface area contributed by atoms with Crippen molar-refractivity contribution in [3.05, 3.63) is 48.0 Å². The van der Waals surface area contributed by atoms with Gasteiger partial charge in [-0.1, -0.05) is 39.0 Å². The van der Waals surface area contributed by atoms with Crippen LogP contribution in [0.5, 0.6) is 11.5 Å². The Kier molecular flexibility index (Phi) is 3.72. The zero-order valence-electron chi connectivity index (χ0n) is 12.2. The second-order valence-corrected chi connectivity index (χ2v) is 7.82. The Hall–Kier alpha value is -2.01. The molecule has 2 aromatic rings. The van der Waals surface area contributed by atoms with E-state index in [2.05, 4.69) is 0 Å². The predicted octanol–water partition coefficient (Wildman–Crippen LogP) is 3.23. The summed E-state index contributed by atoms with van der Waals surface area (Å²) in [7, 11) is -3.76. The van der Waals surface area contributed by atoms with Gasteiger partial charge in [-0.3, -0.25) is 0 Å². The molecular weight excluding hydrogens is 288 g/mol. The van der Waals surface area contributed by atoms with Crippen molar-refractivity contribution < 1.29 is 18.6 Å². The summed E-state index contributed by atoms with van der Waals surface area (Å²) < 4.78 is 25.5. The van der Waals surface area contributed by atoms with E-state index >= 15 is 0 Å². The summed E-state index contributed by atoms with van der Waals surface area (Å²) in [4.78, 5) is 0.164. The van der Waals surface area contributed by atoms with Gasteiger partial charge >= 0.3 is 0 Å². The fraction of sp³-hybridized carbons (Fsp3) is 0.250. The van der Waals surface area contributed by atoms with Gasteiger partial charge in [0.05, 0.1) is 9.79 Å². The molecule has 2 rings (SSSR count). The third kappa shape index (κ3) is 2.88. The number of phenols is 2. The van der Waals surface area contributed by atoms with Crippen molar-refractivity contribution in [3.63, 3.8) is 0 Å². The Morgan fingerprint density at radius 2 is 1.43 bits per heavy atom. The second-order valence-electron chi connectivity index (χ2n) is 5.90. The summed E-state index contributed by atoms with van der Waals surface area (Å²) in [5.41, 5.74) is -0.0378. The van der Waals surface area contributed by atoms with Crippen LogP contribution in [0.1, 0.15) is 26.3 Å². The van der Waals surface area contributed by atoms with Crippen LogP contribution in [0.25, 0.3) is 0 Å². The van der Waals surface area contributed by atoms with E-state index in [1.807, 2.05) is 20.8 Å². The first-order valence-electron chi connectivity index (χ1n) is 6.50. The average Bonchev–Trinajstić information content (AvgIpc) is 2.41. The van der Waals surface area contributed by atoms with Crippen LogP contribution in [0.4, 0.5) is 0 Å². The molecule has 0 aliphatic heterocycles. The van der Waals surface area contributed by atoms with Crippen LogP contribution in [0.2, 0.25) is 0 Å². The van der Waals surface area contributed by atoms with E-state index < -0.39 is 21.0 Å².